The molecule has 0 aromatic carbocycles. The van der Waals surface area contributed by atoms with E-state index in [1.165, 1.54) is 64.2 Å². The second kappa shape index (κ2) is 7.53. The van der Waals surface area contributed by atoms with Crippen molar-refractivity contribution in [3.05, 3.63) is 0 Å². The van der Waals surface area contributed by atoms with Crippen LogP contribution in [0.3, 0.4) is 0 Å². The van der Waals surface area contributed by atoms with Crippen LogP contribution in [-0.4, -0.2) is 19.6 Å². The summed E-state index contributed by atoms with van der Waals surface area (Å²) in [6.07, 6.45) is 14.8. The summed E-state index contributed by atoms with van der Waals surface area (Å²) in [5.74, 6) is 4.75. The maximum Gasteiger partial charge on any atom is 0.397 e. The number of hydrogen-bond donors (Lipinski definition) is 1. The molecule has 0 spiro atoms. The highest BCUT2D eigenvalue weighted by atomic mass is 32.3. The van der Waals surface area contributed by atoms with E-state index in [2.05, 4.69) is 25.0 Å². The molecular weight excluding hydrogens is 372 g/mol. The average Bonchev–Trinajstić information content (AvgIpc) is 2.97. The summed E-state index contributed by atoms with van der Waals surface area (Å²) in [5, 5.41) is 0. The Morgan fingerprint density at radius 3 is 2.46 bits per heavy atom. The van der Waals surface area contributed by atoms with E-state index in [0.29, 0.717) is 29.1 Å². The first kappa shape index (κ1) is 21.1. The molecule has 8 unspecified atom stereocenters. The molecule has 1 N–H and O–H groups in total. The average molecular weight is 413 g/mol. The van der Waals surface area contributed by atoms with Crippen molar-refractivity contribution in [2.24, 2.45) is 46.3 Å². The van der Waals surface area contributed by atoms with E-state index in [4.69, 9.17) is 4.55 Å². The first-order valence-electron chi connectivity index (χ1n) is 11.8. The minimum Gasteiger partial charge on any atom is -0.264 e. The van der Waals surface area contributed by atoms with Gasteiger partial charge in [-0.2, -0.15) is 8.42 Å². The molecule has 4 saturated carbocycles. The van der Waals surface area contributed by atoms with Crippen LogP contribution in [0.2, 0.25) is 0 Å². The molecule has 0 heterocycles. The second-order valence-electron chi connectivity index (χ2n) is 11.1. The van der Waals surface area contributed by atoms with Crippen LogP contribution in [0.4, 0.5) is 0 Å². The van der Waals surface area contributed by atoms with Gasteiger partial charge in [-0.25, -0.2) is 4.18 Å². The summed E-state index contributed by atoms with van der Waals surface area (Å²) in [6.45, 7) is 7.54. The minimum absolute atomic E-state index is 0.100. The van der Waals surface area contributed by atoms with Gasteiger partial charge in [0, 0.05) is 0 Å². The quantitative estimate of drug-likeness (QED) is 0.573. The van der Waals surface area contributed by atoms with Gasteiger partial charge < -0.3 is 0 Å². The van der Waals surface area contributed by atoms with Gasteiger partial charge in [0.05, 0.1) is 6.61 Å². The molecule has 4 fully saturated rings. The van der Waals surface area contributed by atoms with Gasteiger partial charge in [-0.15, -0.1) is 0 Å². The third-order valence-electron chi connectivity index (χ3n) is 10.1. The Morgan fingerprint density at radius 1 is 0.964 bits per heavy atom. The van der Waals surface area contributed by atoms with Gasteiger partial charge in [0.2, 0.25) is 0 Å². The fourth-order valence-corrected chi connectivity index (χ4v) is 9.12. The lowest BCUT2D eigenvalue weighted by atomic mass is 9.44. The topological polar surface area (TPSA) is 63.6 Å². The van der Waals surface area contributed by atoms with Crippen molar-refractivity contribution in [1.29, 1.82) is 0 Å². The molecule has 0 radical (unpaired) electrons. The van der Waals surface area contributed by atoms with Crippen molar-refractivity contribution >= 4 is 10.4 Å². The molecule has 0 aromatic heterocycles. The molecule has 162 valence electrons. The second-order valence-corrected chi connectivity index (χ2v) is 12.2. The Morgan fingerprint density at radius 2 is 1.71 bits per heavy atom. The van der Waals surface area contributed by atoms with Gasteiger partial charge in [-0.1, -0.05) is 33.6 Å². The fourth-order valence-electron chi connectivity index (χ4n) is 8.81. The zero-order valence-electron chi connectivity index (χ0n) is 18.0. The van der Waals surface area contributed by atoms with E-state index in [1.54, 1.807) is 0 Å². The van der Waals surface area contributed by atoms with E-state index in [-0.39, 0.29) is 6.61 Å². The van der Waals surface area contributed by atoms with Crippen molar-refractivity contribution < 1.29 is 17.2 Å². The Labute approximate surface area is 172 Å². The summed E-state index contributed by atoms with van der Waals surface area (Å²) in [4.78, 5) is 0. The summed E-state index contributed by atoms with van der Waals surface area (Å²) in [6, 6.07) is 0. The van der Waals surface area contributed by atoms with Crippen molar-refractivity contribution in [3.63, 3.8) is 0 Å². The van der Waals surface area contributed by atoms with E-state index < -0.39 is 10.4 Å². The van der Waals surface area contributed by atoms with Crippen LogP contribution in [0.25, 0.3) is 0 Å². The van der Waals surface area contributed by atoms with Gasteiger partial charge >= 0.3 is 10.4 Å². The highest BCUT2D eigenvalue weighted by Gasteiger charge is 2.60. The van der Waals surface area contributed by atoms with Crippen molar-refractivity contribution in [3.8, 4) is 0 Å². The Balaban J connectivity index is 1.46. The molecular formula is C23H40O4S. The molecule has 8 atom stereocenters. The molecule has 0 saturated heterocycles. The first-order chi connectivity index (χ1) is 13.2. The number of hydrogen-bond acceptors (Lipinski definition) is 3. The largest absolute Gasteiger partial charge is 0.397 e. The van der Waals surface area contributed by atoms with Gasteiger partial charge in [0.25, 0.3) is 0 Å². The molecule has 4 aliphatic rings. The standard InChI is InChI=1S/C23H40O4S/c1-16(12-15-27-28(24,25)26)19-9-10-20-18-8-7-17-6-4-5-13-22(17,2)21(18)11-14-23(19,20)3/h16-21H,4-15H2,1-3H3,(H,24,25,26). The summed E-state index contributed by atoms with van der Waals surface area (Å²) >= 11 is 0. The highest BCUT2D eigenvalue weighted by Crippen LogP contribution is 2.68. The van der Waals surface area contributed by atoms with Gasteiger partial charge in [0.1, 0.15) is 0 Å². The fraction of sp³-hybridized carbons (Fsp3) is 1.00. The van der Waals surface area contributed by atoms with E-state index in [1.807, 2.05) is 0 Å². The van der Waals surface area contributed by atoms with Crippen molar-refractivity contribution in [2.75, 3.05) is 6.61 Å². The monoisotopic (exact) mass is 412 g/mol. The summed E-state index contributed by atoms with van der Waals surface area (Å²) in [7, 11) is -4.32. The predicted molar refractivity (Wildman–Crippen MR) is 111 cm³/mol. The van der Waals surface area contributed by atoms with Gasteiger partial charge in [-0.3, -0.25) is 4.55 Å². The lowest BCUT2D eigenvalue weighted by Crippen LogP contribution is -2.53. The van der Waals surface area contributed by atoms with Crippen LogP contribution in [-0.2, 0) is 14.6 Å². The van der Waals surface area contributed by atoms with Crippen LogP contribution < -0.4 is 0 Å². The molecule has 4 rings (SSSR count). The molecule has 4 aliphatic carbocycles. The van der Waals surface area contributed by atoms with Crippen LogP contribution in [0.15, 0.2) is 0 Å². The number of fused-ring (bicyclic) bond motifs is 5. The lowest BCUT2D eigenvalue weighted by molar-refractivity contribution is -0.114. The predicted octanol–water partition coefficient (Wildman–Crippen LogP) is 5.88. The van der Waals surface area contributed by atoms with E-state index in [9.17, 15) is 8.42 Å². The lowest BCUT2D eigenvalue weighted by Gasteiger charge is -2.61. The van der Waals surface area contributed by atoms with E-state index in [0.717, 1.165) is 23.7 Å². The molecule has 0 aromatic rings. The van der Waals surface area contributed by atoms with Gasteiger partial charge in [0.15, 0.2) is 0 Å². The zero-order valence-corrected chi connectivity index (χ0v) is 18.8. The van der Waals surface area contributed by atoms with Crippen LogP contribution in [0, 0.1) is 46.3 Å². The molecule has 4 nitrogen and oxygen atoms in total. The SMILES string of the molecule is CC(CCOS(=O)(=O)O)C1CCC2C3CCC4CCCCC4(C)C3CCC12C. The van der Waals surface area contributed by atoms with Crippen molar-refractivity contribution in [1.82, 2.24) is 0 Å². The van der Waals surface area contributed by atoms with Crippen molar-refractivity contribution in [2.45, 2.75) is 91.4 Å². The number of rotatable bonds is 5. The minimum atomic E-state index is -4.32. The van der Waals surface area contributed by atoms with Crippen LogP contribution in [0.5, 0.6) is 0 Å². The highest BCUT2D eigenvalue weighted by molar-refractivity contribution is 7.80. The summed E-state index contributed by atoms with van der Waals surface area (Å²) < 4.78 is 35.2. The summed E-state index contributed by atoms with van der Waals surface area (Å²) in [5.41, 5.74) is 0.992. The van der Waals surface area contributed by atoms with Crippen LogP contribution in [0.1, 0.15) is 91.4 Å². The third kappa shape index (κ3) is 3.58. The van der Waals surface area contributed by atoms with E-state index >= 15 is 0 Å². The first-order valence-corrected chi connectivity index (χ1v) is 13.1. The smallest absolute Gasteiger partial charge is 0.264 e. The maximum absolute atomic E-state index is 10.9. The molecule has 5 heteroatoms. The molecule has 0 aliphatic heterocycles. The third-order valence-corrected chi connectivity index (χ3v) is 10.6. The molecule has 0 amide bonds. The Kier molecular flexibility index (Phi) is 5.68. The zero-order chi connectivity index (χ0) is 20.2. The van der Waals surface area contributed by atoms with Gasteiger partial charge in [-0.05, 0) is 104 Å². The molecule has 0 bridgehead atoms. The maximum atomic E-state index is 10.9. The van der Waals surface area contributed by atoms with Crippen LogP contribution >= 0.6 is 0 Å². The Hall–Kier alpha value is -0.130. The normalized spacial score (nSPS) is 47.1. The Bertz CT molecular complexity index is 676. The molecule has 28 heavy (non-hydrogen) atoms.